The predicted molar refractivity (Wildman–Crippen MR) is 103 cm³/mol. The normalized spacial score (nSPS) is 13.3. The molecule has 14 heteroatoms. The summed E-state index contributed by atoms with van der Waals surface area (Å²) in [5, 5.41) is 21.1. The van der Waals surface area contributed by atoms with Gasteiger partial charge >= 0.3 is 46.6 Å². The number of anilines is 1. The van der Waals surface area contributed by atoms with Crippen molar-refractivity contribution in [2.24, 2.45) is 20.4 Å². The average Bonchev–Trinajstić information content (AvgIpc) is 2.56. The SMILES string of the molecule is CN/C([S-])=N/N=C(C)/C(C)=N/N=C(\[S-])Nc1ccc(S(=O)(=O)[O-])cc1.[Cu+2].[Na+]. The molecule has 0 aromatic heterocycles. The van der Waals surface area contributed by atoms with E-state index in [9.17, 15) is 13.0 Å². The largest absolute Gasteiger partial charge is 2.00 e. The van der Waals surface area contributed by atoms with Crippen LogP contribution in [-0.4, -0.2) is 41.8 Å². The van der Waals surface area contributed by atoms with Gasteiger partial charge in [-0.15, -0.1) is 0 Å². The minimum Gasteiger partial charge on any atom is -0.744 e. The standard InChI is InChI=1S/C13H18N6O3S3.Cu.Na/c1-8(16-18-12(23)14-3)9(2)17-19-13(24)15-10-4-6-11(7-5-10)25(20,21)22;;/h4-7H,1-3H3,(H2,14,18,23)(H2,15,19,24)(H,20,21,22);;/q;+2;+1/p-3/b16-8+,17-9+;;. The van der Waals surface area contributed by atoms with Crippen molar-refractivity contribution in [1.82, 2.24) is 5.32 Å². The van der Waals surface area contributed by atoms with Gasteiger partial charge in [-0.1, -0.05) is 0 Å². The quantitative estimate of drug-likeness (QED) is 0.121. The molecule has 0 aliphatic rings. The smallest absolute Gasteiger partial charge is 0.744 e. The van der Waals surface area contributed by atoms with E-state index < -0.39 is 10.1 Å². The molecule has 1 aromatic carbocycles. The van der Waals surface area contributed by atoms with Gasteiger partial charge in [0.05, 0.1) is 16.3 Å². The molecule has 0 spiro atoms. The van der Waals surface area contributed by atoms with Crippen molar-refractivity contribution < 1.29 is 59.6 Å². The van der Waals surface area contributed by atoms with Gasteiger partial charge in [-0.05, 0) is 43.3 Å². The second kappa shape index (κ2) is 13.5. The van der Waals surface area contributed by atoms with E-state index >= 15 is 0 Å². The molecule has 1 aromatic rings. The summed E-state index contributed by atoms with van der Waals surface area (Å²) in [5.74, 6) is 0. The maximum absolute atomic E-state index is 10.9. The van der Waals surface area contributed by atoms with Gasteiger partial charge in [0.25, 0.3) is 0 Å². The molecule has 0 heterocycles. The van der Waals surface area contributed by atoms with Crippen LogP contribution in [-0.2, 0) is 52.4 Å². The molecular weight excluding hydrogens is 471 g/mol. The molecule has 0 atom stereocenters. The van der Waals surface area contributed by atoms with Crippen LogP contribution in [0.25, 0.3) is 0 Å². The molecule has 1 rings (SSSR count). The summed E-state index contributed by atoms with van der Waals surface area (Å²) >= 11 is 9.85. The molecule has 27 heavy (non-hydrogen) atoms. The fraction of sp³-hybridized carbons (Fsp3) is 0.231. The second-order valence-electron chi connectivity index (χ2n) is 4.53. The van der Waals surface area contributed by atoms with Gasteiger partial charge in [-0.25, -0.2) is 8.42 Å². The zero-order valence-corrected chi connectivity index (χ0v) is 20.2. The van der Waals surface area contributed by atoms with E-state index in [0.29, 0.717) is 17.1 Å². The van der Waals surface area contributed by atoms with Crippen molar-refractivity contribution in [3.63, 3.8) is 0 Å². The van der Waals surface area contributed by atoms with E-state index in [1.807, 2.05) is 0 Å². The van der Waals surface area contributed by atoms with Crippen molar-refractivity contribution in [3.05, 3.63) is 24.3 Å². The summed E-state index contributed by atoms with van der Waals surface area (Å²) in [7, 11) is -2.85. The zero-order chi connectivity index (χ0) is 19.0. The summed E-state index contributed by atoms with van der Waals surface area (Å²) < 4.78 is 32.6. The molecule has 0 saturated heterocycles. The van der Waals surface area contributed by atoms with E-state index in [-0.39, 0.29) is 61.9 Å². The average molecular weight is 486 g/mol. The summed E-state index contributed by atoms with van der Waals surface area (Å²) in [6, 6.07) is 5.14. The first kappa shape index (κ1) is 28.6. The maximum atomic E-state index is 10.9. The Morgan fingerprint density at radius 1 is 0.963 bits per heavy atom. The molecule has 0 aliphatic heterocycles. The van der Waals surface area contributed by atoms with E-state index in [1.54, 1.807) is 20.9 Å². The van der Waals surface area contributed by atoms with Crippen LogP contribution in [0.5, 0.6) is 0 Å². The molecule has 0 fully saturated rings. The molecule has 0 amide bonds. The Labute approximate surface area is 202 Å². The molecule has 0 bridgehead atoms. The van der Waals surface area contributed by atoms with Crippen molar-refractivity contribution in [1.29, 1.82) is 0 Å². The summed E-state index contributed by atoms with van der Waals surface area (Å²) in [5.41, 5.74) is 1.46. The van der Waals surface area contributed by atoms with Gasteiger partial charge < -0.3 is 40.4 Å². The van der Waals surface area contributed by atoms with Crippen LogP contribution in [0.2, 0.25) is 0 Å². The Morgan fingerprint density at radius 2 is 1.41 bits per heavy atom. The Balaban J connectivity index is 0. The summed E-state index contributed by atoms with van der Waals surface area (Å²) in [6.07, 6.45) is 0. The summed E-state index contributed by atoms with van der Waals surface area (Å²) in [4.78, 5) is -0.329. The zero-order valence-electron chi connectivity index (χ0n) is 14.8. The number of nitrogens with one attached hydrogen (secondary N) is 2. The van der Waals surface area contributed by atoms with Crippen LogP contribution in [0, 0.1) is 0 Å². The number of hydrogen-bond acceptors (Lipinski definition) is 9. The number of benzene rings is 1. The van der Waals surface area contributed by atoms with Crippen molar-refractivity contribution >= 4 is 62.8 Å². The van der Waals surface area contributed by atoms with E-state index in [1.165, 1.54) is 24.3 Å². The monoisotopic (exact) mass is 485 g/mol. The first-order valence-corrected chi connectivity index (χ1v) is 8.95. The molecule has 1 radical (unpaired) electrons. The predicted octanol–water partition coefficient (Wildman–Crippen LogP) is -2.22. The van der Waals surface area contributed by atoms with Gasteiger partial charge in [-0.3, -0.25) is 0 Å². The fourth-order valence-electron chi connectivity index (χ4n) is 1.29. The Kier molecular flexibility index (Phi) is 14.3. The first-order chi connectivity index (χ1) is 11.6. The number of amidine groups is 2. The molecular formula is C13H15CuN6NaO3S3. The number of nitrogens with zero attached hydrogens (tertiary/aromatic N) is 4. The summed E-state index contributed by atoms with van der Waals surface area (Å²) in [6.45, 7) is 3.37. The molecule has 0 aliphatic carbocycles. The molecule has 145 valence electrons. The Hall–Kier alpha value is -0.631. The van der Waals surface area contributed by atoms with Crippen LogP contribution in [0.1, 0.15) is 13.8 Å². The van der Waals surface area contributed by atoms with E-state index in [4.69, 9.17) is 25.3 Å². The maximum Gasteiger partial charge on any atom is 2.00 e. The van der Waals surface area contributed by atoms with Crippen LogP contribution in [0.3, 0.4) is 0 Å². The van der Waals surface area contributed by atoms with Gasteiger partial charge in [0.1, 0.15) is 10.1 Å². The van der Waals surface area contributed by atoms with Crippen LogP contribution in [0.4, 0.5) is 5.69 Å². The Morgan fingerprint density at radius 3 is 1.81 bits per heavy atom. The van der Waals surface area contributed by atoms with Crippen molar-refractivity contribution in [2.45, 2.75) is 18.7 Å². The minimum atomic E-state index is -4.48. The Bertz CT molecular complexity index is 841. The second-order valence-corrected chi connectivity index (χ2v) is 6.69. The van der Waals surface area contributed by atoms with Crippen molar-refractivity contribution in [3.8, 4) is 0 Å². The fourth-order valence-corrected chi connectivity index (χ4v) is 1.96. The third-order valence-electron chi connectivity index (χ3n) is 2.71. The van der Waals surface area contributed by atoms with Gasteiger partial charge in [0.15, 0.2) is 0 Å². The molecule has 2 N–H and O–H groups in total. The van der Waals surface area contributed by atoms with E-state index in [2.05, 4.69) is 31.0 Å². The van der Waals surface area contributed by atoms with Crippen LogP contribution < -0.4 is 40.2 Å². The number of rotatable bonds is 5. The topological polar surface area (TPSA) is 131 Å². The molecule has 9 nitrogen and oxygen atoms in total. The van der Waals surface area contributed by atoms with E-state index in [0.717, 1.165) is 0 Å². The van der Waals surface area contributed by atoms with Gasteiger partial charge in [0, 0.05) is 17.9 Å². The minimum absolute atomic E-state index is 0. The third-order valence-corrected chi connectivity index (χ3v) is 4.03. The van der Waals surface area contributed by atoms with Crippen LogP contribution in [0.15, 0.2) is 49.6 Å². The van der Waals surface area contributed by atoms with Crippen molar-refractivity contribution in [2.75, 3.05) is 12.4 Å². The number of hydrogen-bond donors (Lipinski definition) is 2. The first-order valence-electron chi connectivity index (χ1n) is 6.73. The van der Waals surface area contributed by atoms with Crippen LogP contribution >= 0.6 is 0 Å². The molecule has 0 unspecified atom stereocenters. The third kappa shape index (κ3) is 11.1. The van der Waals surface area contributed by atoms with Gasteiger partial charge in [0.2, 0.25) is 0 Å². The van der Waals surface area contributed by atoms with Gasteiger partial charge in [-0.2, -0.15) is 20.4 Å². The molecule has 0 saturated carbocycles.